The van der Waals surface area contributed by atoms with E-state index in [9.17, 15) is 24.0 Å². The van der Waals surface area contributed by atoms with Crippen molar-refractivity contribution >= 4 is 29.5 Å². The summed E-state index contributed by atoms with van der Waals surface area (Å²) in [6.07, 6.45) is 3.13. The van der Waals surface area contributed by atoms with Gasteiger partial charge in [0.25, 0.3) is 11.8 Å². The van der Waals surface area contributed by atoms with Gasteiger partial charge in [-0.15, -0.1) is 0 Å². The SMILES string of the molecule is COc1ccc2cc1OCC(=O)NCCC[C@H](NC(=O)c1c(C)ncnc1C)C(=O)N[C@@H](Cc1ccccc1)C(=O)N[C@H](C(C)C)C(=O)NCCC2. The van der Waals surface area contributed by atoms with Crippen LogP contribution >= 0.6 is 0 Å². The number of fused-ring (bicyclic) bond motifs is 2. The fourth-order valence-electron chi connectivity index (χ4n) is 5.87. The molecule has 3 atom stereocenters. The molecule has 5 amide bonds. The minimum absolute atomic E-state index is 0.122. The second kappa shape index (κ2) is 19.2. The molecule has 0 saturated heterocycles. The normalized spacial score (nSPS) is 19.8. The Bertz CT molecular complexity index is 1700. The Kier molecular flexibility index (Phi) is 14.5. The van der Waals surface area contributed by atoms with E-state index < -0.39 is 35.8 Å². The molecule has 2 bridgehead atoms. The second-order valence-corrected chi connectivity index (χ2v) is 13.1. The number of rotatable bonds is 6. The van der Waals surface area contributed by atoms with Crippen molar-refractivity contribution in [3.63, 3.8) is 0 Å². The van der Waals surface area contributed by atoms with Gasteiger partial charge in [-0.1, -0.05) is 50.2 Å². The van der Waals surface area contributed by atoms with Crippen molar-refractivity contribution in [2.75, 3.05) is 26.8 Å². The third kappa shape index (κ3) is 11.2. The molecule has 1 aromatic heterocycles. The topological polar surface area (TPSA) is 190 Å². The van der Waals surface area contributed by atoms with Crippen LogP contribution in [0.5, 0.6) is 11.5 Å². The van der Waals surface area contributed by atoms with Crippen LogP contribution in [0, 0.1) is 19.8 Å². The van der Waals surface area contributed by atoms with Gasteiger partial charge in [-0.25, -0.2) is 9.97 Å². The molecule has 0 spiro atoms. The molecule has 0 unspecified atom stereocenters. The molecule has 14 nitrogen and oxygen atoms in total. The summed E-state index contributed by atoms with van der Waals surface area (Å²) in [4.78, 5) is 75.8. The molecular weight excluding hydrogens is 666 g/mol. The zero-order chi connectivity index (χ0) is 37.6. The maximum atomic E-state index is 14.0. The summed E-state index contributed by atoms with van der Waals surface area (Å²) in [5.41, 5.74) is 2.84. The van der Waals surface area contributed by atoms with Crippen LogP contribution in [-0.4, -0.2) is 84.4 Å². The van der Waals surface area contributed by atoms with E-state index in [-0.39, 0.29) is 49.3 Å². The van der Waals surface area contributed by atoms with Crippen LogP contribution in [0.1, 0.15) is 66.0 Å². The second-order valence-electron chi connectivity index (χ2n) is 13.1. The number of amides is 5. The summed E-state index contributed by atoms with van der Waals surface area (Å²) in [6.45, 7) is 7.28. The zero-order valence-electron chi connectivity index (χ0n) is 30.4. The molecule has 5 N–H and O–H groups in total. The van der Waals surface area contributed by atoms with E-state index in [1.54, 1.807) is 26.0 Å². The third-order valence-electron chi connectivity index (χ3n) is 8.76. The Morgan fingerprint density at radius 3 is 2.33 bits per heavy atom. The Hall–Kier alpha value is -5.53. The molecular formula is C38H49N7O7. The maximum absolute atomic E-state index is 14.0. The Labute approximate surface area is 304 Å². The van der Waals surface area contributed by atoms with E-state index in [0.717, 1.165) is 11.1 Å². The summed E-state index contributed by atoms with van der Waals surface area (Å²) in [5, 5.41) is 14.2. The first-order chi connectivity index (χ1) is 25.0. The number of benzene rings is 2. The first kappa shape index (κ1) is 39.3. The number of nitrogens with zero attached hydrogens (tertiary/aromatic N) is 2. The summed E-state index contributed by atoms with van der Waals surface area (Å²) in [5.74, 6) is -1.80. The Balaban J connectivity index is 1.63. The van der Waals surface area contributed by atoms with Gasteiger partial charge in [0, 0.05) is 19.5 Å². The predicted molar refractivity (Wildman–Crippen MR) is 194 cm³/mol. The van der Waals surface area contributed by atoms with Gasteiger partial charge >= 0.3 is 0 Å². The van der Waals surface area contributed by atoms with Crippen LogP contribution in [0.25, 0.3) is 0 Å². The lowest BCUT2D eigenvalue weighted by Gasteiger charge is -2.27. The highest BCUT2D eigenvalue weighted by atomic mass is 16.5. The molecule has 3 aromatic rings. The smallest absolute Gasteiger partial charge is 0.257 e. The van der Waals surface area contributed by atoms with Crippen molar-refractivity contribution in [1.29, 1.82) is 0 Å². The lowest BCUT2D eigenvalue weighted by Crippen LogP contribution is -2.58. The van der Waals surface area contributed by atoms with Gasteiger partial charge in [-0.3, -0.25) is 24.0 Å². The number of aromatic nitrogens is 2. The van der Waals surface area contributed by atoms with Crippen LogP contribution in [0.4, 0.5) is 0 Å². The molecule has 1 aliphatic rings. The van der Waals surface area contributed by atoms with Gasteiger partial charge in [0.15, 0.2) is 18.1 Å². The minimum atomic E-state index is -1.10. The summed E-state index contributed by atoms with van der Waals surface area (Å²) >= 11 is 0. The van der Waals surface area contributed by atoms with E-state index >= 15 is 0 Å². The van der Waals surface area contributed by atoms with Gasteiger partial charge < -0.3 is 36.1 Å². The summed E-state index contributed by atoms with van der Waals surface area (Å²) in [7, 11) is 1.51. The number of nitrogens with one attached hydrogen (secondary N) is 5. The monoisotopic (exact) mass is 715 g/mol. The van der Waals surface area contributed by atoms with Crippen molar-refractivity contribution < 1.29 is 33.4 Å². The molecule has 2 heterocycles. The van der Waals surface area contributed by atoms with Gasteiger partial charge in [0.1, 0.15) is 24.5 Å². The van der Waals surface area contributed by atoms with Crippen molar-refractivity contribution in [3.8, 4) is 11.5 Å². The Morgan fingerprint density at radius 2 is 1.63 bits per heavy atom. The number of carbonyl (C=O) groups is 5. The lowest BCUT2D eigenvalue weighted by atomic mass is 10.00. The fourth-order valence-corrected chi connectivity index (χ4v) is 5.87. The van der Waals surface area contributed by atoms with E-state index in [0.29, 0.717) is 48.7 Å². The van der Waals surface area contributed by atoms with E-state index in [4.69, 9.17) is 9.47 Å². The molecule has 0 radical (unpaired) electrons. The largest absolute Gasteiger partial charge is 0.493 e. The molecule has 2 aromatic carbocycles. The summed E-state index contributed by atoms with van der Waals surface area (Å²) < 4.78 is 11.2. The number of carbonyl (C=O) groups excluding carboxylic acids is 5. The summed E-state index contributed by atoms with van der Waals surface area (Å²) in [6, 6.07) is 11.6. The zero-order valence-corrected chi connectivity index (χ0v) is 30.4. The molecule has 1 aliphatic heterocycles. The van der Waals surface area contributed by atoms with Gasteiger partial charge in [0.2, 0.25) is 17.7 Å². The third-order valence-corrected chi connectivity index (χ3v) is 8.76. The number of hydrogen-bond acceptors (Lipinski definition) is 9. The van der Waals surface area contributed by atoms with Crippen LogP contribution < -0.4 is 36.1 Å². The van der Waals surface area contributed by atoms with Crippen molar-refractivity contribution in [2.24, 2.45) is 5.92 Å². The number of methoxy groups -OCH3 is 1. The van der Waals surface area contributed by atoms with Gasteiger partial charge in [0.05, 0.1) is 24.1 Å². The van der Waals surface area contributed by atoms with Crippen LogP contribution in [0.3, 0.4) is 0 Å². The highest BCUT2D eigenvalue weighted by Gasteiger charge is 2.31. The van der Waals surface area contributed by atoms with Crippen molar-refractivity contribution in [3.05, 3.63) is 82.9 Å². The van der Waals surface area contributed by atoms with Gasteiger partial charge in [-0.2, -0.15) is 0 Å². The first-order valence-electron chi connectivity index (χ1n) is 17.5. The highest BCUT2D eigenvalue weighted by Crippen LogP contribution is 2.28. The molecule has 14 heteroatoms. The van der Waals surface area contributed by atoms with Crippen molar-refractivity contribution in [2.45, 2.75) is 77.9 Å². The number of hydrogen-bond donors (Lipinski definition) is 5. The standard InChI is InChI=1S/C38H49N7O7/c1-23(2)34-38(50)40-18-9-13-27-15-16-30(51-5)31(20-27)52-21-32(46)39-17-10-14-28(43-37(49)33-24(3)41-22-42-25(33)4)35(47)44-29(36(48)45-34)19-26-11-7-6-8-12-26/h6-8,11-12,15-16,20,22-23,28-29,34H,9-10,13-14,17-19,21H2,1-5H3,(H,39,46)(H,40,50)(H,43,49)(H,44,47)(H,45,48)/t28-,29-,34+/m0/s1. The van der Waals surface area contributed by atoms with E-state index in [1.807, 2.05) is 50.2 Å². The van der Waals surface area contributed by atoms with Crippen LogP contribution in [0.15, 0.2) is 54.9 Å². The van der Waals surface area contributed by atoms with Crippen LogP contribution in [0.2, 0.25) is 0 Å². The Morgan fingerprint density at radius 1 is 0.923 bits per heavy atom. The average Bonchev–Trinajstić information content (AvgIpc) is 3.12. The molecule has 52 heavy (non-hydrogen) atoms. The van der Waals surface area contributed by atoms with E-state index in [2.05, 4.69) is 36.6 Å². The maximum Gasteiger partial charge on any atom is 0.257 e. The van der Waals surface area contributed by atoms with Crippen molar-refractivity contribution in [1.82, 2.24) is 36.6 Å². The molecule has 0 aliphatic carbocycles. The fraction of sp³-hybridized carbons (Fsp3) is 0.447. The molecule has 4 rings (SSSR count). The number of ether oxygens (including phenoxy) is 2. The quantitative estimate of drug-likeness (QED) is 0.255. The highest BCUT2D eigenvalue weighted by molar-refractivity contribution is 6.00. The molecule has 0 saturated carbocycles. The minimum Gasteiger partial charge on any atom is -0.493 e. The average molecular weight is 716 g/mol. The molecule has 0 fully saturated rings. The van der Waals surface area contributed by atoms with Gasteiger partial charge in [-0.05, 0) is 68.7 Å². The molecule has 278 valence electrons. The predicted octanol–water partition coefficient (Wildman–Crippen LogP) is 2.11. The number of aryl methyl sites for hydroxylation is 3. The van der Waals surface area contributed by atoms with Crippen LogP contribution in [-0.2, 0) is 32.0 Å². The lowest BCUT2D eigenvalue weighted by molar-refractivity contribution is -0.133. The first-order valence-corrected chi connectivity index (χ1v) is 17.5. The van der Waals surface area contributed by atoms with E-state index in [1.165, 1.54) is 13.4 Å².